The minimum absolute atomic E-state index is 0. The van der Waals surface area contributed by atoms with Gasteiger partial charge < -0.3 is 16.0 Å². The summed E-state index contributed by atoms with van der Waals surface area (Å²) in [4.78, 5) is 23.4. The summed E-state index contributed by atoms with van der Waals surface area (Å²) < 4.78 is 0. The highest BCUT2D eigenvalue weighted by molar-refractivity contribution is 5.96. The monoisotopic (exact) mass is 297 g/mol. The molecular formula is C14H20ClN3O2. The normalized spacial score (nSPS) is 12.6. The average molecular weight is 298 g/mol. The second-order valence-electron chi connectivity index (χ2n) is 4.99. The molecule has 6 heteroatoms. The molecule has 0 radical (unpaired) electrons. The SMILES string of the molecule is CC(C)NC(=O)CNC(=O)c1ccc2c(c1)CNC2.Cl. The van der Waals surface area contributed by atoms with Gasteiger partial charge >= 0.3 is 0 Å². The Morgan fingerprint density at radius 1 is 1.25 bits per heavy atom. The zero-order valence-electron chi connectivity index (χ0n) is 11.7. The Labute approximate surface area is 124 Å². The molecule has 110 valence electrons. The van der Waals surface area contributed by atoms with E-state index in [0.29, 0.717) is 5.56 Å². The fourth-order valence-electron chi connectivity index (χ4n) is 2.07. The molecule has 1 heterocycles. The molecule has 5 nitrogen and oxygen atoms in total. The maximum Gasteiger partial charge on any atom is 0.251 e. The lowest BCUT2D eigenvalue weighted by Crippen LogP contribution is -2.39. The van der Waals surface area contributed by atoms with E-state index in [0.717, 1.165) is 18.7 Å². The molecule has 0 spiro atoms. The number of carbonyl (C=O) groups excluding carboxylic acids is 2. The molecule has 2 amide bonds. The van der Waals surface area contributed by atoms with Gasteiger partial charge in [-0.25, -0.2) is 0 Å². The minimum Gasteiger partial charge on any atom is -0.352 e. The third-order valence-electron chi connectivity index (χ3n) is 2.96. The third kappa shape index (κ3) is 4.21. The number of benzene rings is 1. The Morgan fingerprint density at radius 3 is 2.65 bits per heavy atom. The van der Waals surface area contributed by atoms with Crippen molar-refractivity contribution in [3.8, 4) is 0 Å². The average Bonchev–Trinajstić information content (AvgIpc) is 2.82. The van der Waals surface area contributed by atoms with E-state index < -0.39 is 0 Å². The minimum atomic E-state index is -0.214. The summed E-state index contributed by atoms with van der Waals surface area (Å²) in [6.07, 6.45) is 0. The highest BCUT2D eigenvalue weighted by Gasteiger charge is 2.14. The van der Waals surface area contributed by atoms with Crippen molar-refractivity contribution in [3.63, 3.8) is 0 Å². The van der Waals surface area contributed by atoms with E-state index in [4.69, 9.17) is 0 Å². The van der Waals surface area contributed by atoms with Gasteiger partial charge in [0.2, 0.25) is 5.91 Å². The van der Waals surface area contributed by atoms with E-state index >= 15 is 0 Å². The second kappa shape index (κ2) is 7.26. The summed E-state index contributed by atoms with van der Waals surface area (Å²) in [6.45, 7) is 5.42. The van der Waals surface area contributed by atoms with Crippen LogP contribution in [0.4, 0.5) is 0 Å². The summed E-state index contributed by atoms with van der Waals surface area (Å²) >= 11 is 0. The molecule has 0 aromatic heterocycles. The smallest absolute Gasteiger partial charge is 0.251 e. The van der Waals surface area contributed by atoms with Gasteiger partial charge in [0, 0.05) is 24.7 Å². The Morgan fingerprint density at radius 2 is 1.95 bits per heavy atom. The molecule has 3 N–H and O–H groups in total. The van der Waals surface area contributed by atoms with Crippen molar-refractivity contribution < 1.29 is 9.59 Å². The Hall–Kier alpha value is -1.59. The molecule has 0 atom stereocenters. The number of rotatable bonds is 4. The fourth-order valence-corrected chi connectivity index (χ4v) is 2.07. The molecule has 20 heavy (non-hydrogen) atoms. The molecule has 1 aromatic rings. The Kier molecular flexibility index (Phi) is 5.98. The van der Waals surface area contributed by atoms with Crippen molar-refractivity contribution >= 4 is 24.2 Å². The summed E-state index contributed by atoms with van der Waals surface area (Å²) in [6, 6.07) is 5.71. The predicted octanol–water partition coefficient (Wildman–Crippen LogP) is 0.966. The van der Waals surface area contributed by atoms with E-state index in [1.54, 1.807) is 6.07 Å². The molecule has 0 saturated carbocycles. The van der Waals surface area contributed by atoms with E-state index in [1.807, 2.05) is 26.0 Å². The third-order valence-corrected chi connectivity index (χ3v) is 2.96. The fraction of sp³-hybridized carbons (Fsp3) is 0.429. The topological polar surface area (TPSA) is 70.2 Å². The number of amides is 2. The molecule has 0 bridgehead atoms. The van der Waals surface area contributed by atoms with Crippen LogP contribution in [0.2, 0.25) is 0 Å². The molecule has 1 aliphatic rings. The van der Waals surface area contributed by atoms with Gasteiger partial charge in [-0.2, -0.15) is 0 Å². The van der Waals surface area contributed by atoms with Crippen molar-refractivity contribution in [1.29, 1.82) is 0 Å². The number of hydrogen-bond donors (Lipinski definition) is 3. The van der Waals surface area contributed by atoms with E-state index in [-0.39, 0.29) is 36.8 Å². The van der Waals surface area contributed by atoms with Crippen molar-refractivity contribution in [2.24, 2.45) is 0 Å². The van der Waals surface area contributed by atoms with Gasteiger partial charge in [0.15, 0.2) is 0 Å². The van der Waals surface area contributed by atoms with Crippen LogP contribution in [0.1, 0.15) is 35.3 Å². The zero-order chi connectivity index (χ0) is 13.8. The summed E-state index contributed by atoms with van der Waals surface area (Å²) in [5.41, 5.74) is 2.98. The van der Waals surface area contributed by atoms with E-state index in [9.17, 15) is 9.59 Å². The molecular weight excluding hydrogens is 278 g/mol. The quantitative estimate of drug-likeness (QED) is 0.775. The predicted molar refractivity (Wildman–Crippen MR) is 79.8 cm³/mol. The summed E-state index contributed by atoms with van der Waals surface area (Å²) in [5, 5.41) is 8.58. The first-order chi connectivity index (χ1) is 9.06. The highest BCUT2D eigenvalue weighted by atomic mass is 35.5. The van der Waals surface area contributed by atoms with Crippen LogP contribution in [0.15, 0.2) is 18.2 Å². The maximum absolute atomic E-state index is 11.9. The summed E-state index contributed by atoms with van der Waals surface area (Å²) in [5.74, 6) is -0.389. The Balaban J connectivity index is 0.00000200. The van der Waals surface area contributed by atoms with Gasteiger partial charge in [0.25, 0.3) is 5.91 Å². The molecule has 0 fully saturated rings. The first-order valence-electron chi connectivity index (χ1n) is 6.46. The maximum atomic E-state index is 11.9. The second-order valence-corrected chi connectivity index (χ2v) is 4.99. The zero-order valence-corrected chi connectivity index (χ0v) is 12.5. The van der Waals surface area contributed by atoms with Crippen LogP contribution in [0, 0.1) is 0 Å². The van der Waals surface area contributed by atoms with Crippen LogP contribution in [0.5, 0.6) is 0 Å². The van der Waals surface area contributed by atoms with Gasteiger partial charge in [-0.15, -0.1) is 12.4 Å². The van der Waals surface area contributed by atoms with Gasteiger partial charge in [-0.1, -0.05) is 6.07 Å². The lowest BCUT2D eigenvalue weighted by molar-refractivity contribution is -0.120. The van der Waals surface area contributed by atoms with Crippen molar-refractivity contribution in [1.82, 2.24) is 16.0 Å². The van der Waals surface area contributed by atoms with E-state index in [1.165, 1.54) is 5.56 Å². The number of halogens is 1. The Bertz CT molecular complexity index is 503. The van der Waals surface area contributed by atoms with Gasteiger partial charge in [0.1, 0.15) is 0 Å². The number of fused-ring (bicyclic) bond motifs is 1. The first kappa shape index (κ1) is 16.5. The molecule has 1 aromatic carbocycles. The van der Waals surface area contributed by atoms with Gasteiger partial charge in [-0.05, 0) is 37.1 Å². The first-order valence-corrected chi connectivity index (χ1v) is 6.46. The molecule has 0 unspecified atom stereocenters. The van der Waals surface area contributed by atoms with Crippen molar-refractivity contribution in [2.45, 2.75) is 33.0 Å². The number of nitrogens with one attached hydrogen (secondary N) is 3. The van der Waals surface area contributed by atoms with Crippen LogP contribution < -0.4 is 16.0 Å². The van der Waals surface area contributed by atoms with E-state index in [2.05, 4.69) is 16.0 Å². The standard InChI is InChI=1S/C14H19N3O2.ClH/c1-9(2)17-13(18)8-16-14(19)10-3-4-11-6-15-7-12(11)5-10;/h3-5,9,15H,6-8H2,1-2H3,(H,16,19)(H,17,18);1H. The molecule has 2 rings (SSSR count). The van der Waals surface area contributed by atoms with Crippen LogP contribution in [-0.2, 0) is 17.9 Å². The highest BCUT2D eigenvalue weighted by Crippen LogP contribution is 2.16. The number of carbonyl (C=O) groups is 2. The number of hydrogen-bond acceptors (Lipinski definition) is 3. The van der Waals surface area contributed by atoms with Gasteiger partial charge in [0.05, 0.1) is 6.54 Å². The summed E-state index contributed by atoms with van der Waals surface area (Å²) in [7, 11) is 0. The molecule has 0 saturated heterocycles. The molecule has 1 aliphatic heterocycles. The van der Waals surface area contributed by atoms with Crippen LogP contribution in [-0.4, -0.2) is 24.4 Å². The lowest BCUT2D eigenvalue weighted by Gasteiger charge is -2.09. The van der Waals surface area contributed by atoms with Crippen molar-refractivity contribution in [3.05, 3.63) is 34.9 Å². The van der Waals surface area contributed by atoms with Crippen LogP contribution in [0.3, 0.4) is 0 Å². The molecule has 0 aliphatic carbocycles. The largest absolute Gasteiger partial charge is 0.352 e. The van der Waals surface area contributed by atoms with Crippen LogP contribution in [0.25, 0.3) is 0 Å². The van der Waals surface area contributed by atoms with Crippen molar-refractivity contribution in [2.75, 3.05) is 6.54 Å². The van der Waals surface area contributed by atoms with Crippen LogP contribution >= 0.6 is 12.4 Å². The lowest BCUT2D eigenvalue weighted by atomic mass is 10.1. The van der Waals surface area contributed by atoms with Gasteiger partial charge in [-0.3, -0.25) is 9.59 Å².